The van der Waals surface area contributed by atoms with Crippen LogP contribution in [0, 0.1) is 12.8 Å². The summed E-state index contributed by atoms with van der Waals surface area (Å²) in [5.41, 5.74) is 4.70. The van der Waals surface area contributed by atoms with E-state index in [4.69, 9.17) is 0 Å². The number of hydrogen-bond acceptors (Lipinski definition) is 1. The maximum atomic E-state index is 12.6. The summed E-state index contributed by atoms with van der Waals surface area (Å²) in [5.74, 6) is 0.754. The summed E-state index contributed by atoms with van der Waals surface area (Å²) in [5, 5.41) is 4.27. The van der Waals surface area contributed by atoms with Crippen molar-refractivity contribution in [3.63, 3.8) is 0 Å². The molecule has 0 spiro atoms. The highest BCUT2D eigenvalue weighted by Crippen LogP contribution is 2.33. The van der Waals surface area contributed by atoms with Crippen molar-refractivity contribution in [3.8, 4) is 0 Å². The predicted octanol–water partition coefficient (Wildman–Crippen LogP) is 5.16. The molecule has 1 heterocycles. The highest BCUT2D eigenvalue weighted by Gasteiger charge is 2.21. The van der Waals surface area contributed by atoms with Crippen molar-refractivity contribution in [1.29, 1.82) is 0 Å². The first-order valence-corrected chi connectivity index (χ1v) is 9.44. The third-order valence-corrected chi connectivity index (χ3v) is 4.91. The van der Waals surface area contributed by atoms with Crippen LogP contribution < -0.4 is 5.32 Å². The van der Waals surface area contributed by atoms with E-state index in [9.17, 15) is 4.79 Å². The Balaban J connectivity index is 1.87. The highest BCUT2D eigenvalue weighted by atomic mass is 16.1. The van der Waals surface area contributed by atoms with E-state index in [1.165, 1.54) is 22.1 Å². The number of nitrogens with one attached hydrogen (secondary N) is 2. The summed E-state index contributed by atoms with van der Waals surface area (Å²) in [6.07, 6.45) is 3.52. The Kier molecular flexibility index (Phi) is 5.77. The number of hydrogen-bond donors (Lipinski definition) is 2. The van der Waals surface area contributed by atoms with Crippen molar-refractivity contribution in [2.24, 2.45) is 5.92 Å². The van der Waals surface area contributed by atoms with Gasteiger partial charge in [-0.15, -0.1) is 0 Å². The second kappa shape index (κ2) is 8.22. The van der Waals surface area contributed by atoms with Crippen LogP contribution in [0.15, 0.2) is 54.7 Å². The molecule has 3 rings (SSSR count). The van der Waals surface area contributed by atoms with Gasteiger partial charge in [-0.2, -0.15) is 0 Å². The smallest absolute Gasteiger partial charge is 0.220 e. The predicted molar refractivity (Wildman–Crippen MR) is 108 cm³/mol. The Morgan fingerprint density at radius 2 is 1.81 bits per heavy atom. The standard InChI is InChI=1S/C23H28N2O/c1-16(2)12-13-24-23(26)14-20(18-10-8-17(3)9-11-18)21-15-25-22-7-5-4-6-19(21)22/h4-11,15-16,20,25H,12-14H2,1-3H3,(H,24,26). The molecule has 0 aliphatic carbocycles. The number of fused-ring (bicyclic) bond motifs is 1. The number of H-pyrrole nitrogens is 1. The quantitative estimate of drug-likeness (QED) is 0.608. The summed E-state index contributed by atoms with van der Waals surface area (Å²) in [7, 11) is 0. The normalized spacial score (nSPS) is 12.5. The molecule has 1 unspecified atom stereocenters. The summed E-state index contributed by atoms with van der Waals surface area (Å²) in [6, 6.07) is 16.8. The Bertz CT molecular complexity index is 861. The fourth-order valence-electron chi connectivity index (χ4n) is 3.35. The Hall–Kier alpha value is -2.55. The lowest BCUT2D eigenvalue weighted by Gasteiger charge is -2.18. The van der Waals surface area contributed by atoms with E-state index in [-0.39, 0.29) is 11.8 Å². The van der Waals surface area contributed by atoms with E-state index in [1.807, 2.05) is 6.07 Å². The van der Waals surface area contributed by atoms with E-state index in [0.717, 1.165) is 18.5 Å². The van der Waals surface area contributed by atoms with Crippen molar-refractivity contribution >= 4 is 16.8 Å². The number of aromatic nitrogens is 1. The van der Waals surface area contributed by atoms with Crippen LogP contribution in [-0.4, -0.2) is 17.4 Å². The lowest BCUT2D eigenvalue weighted by Crippen LogP contribution is -2.27. The average Bonchev–Trinajstić information content (AvgIpc) is 3.04. The largest absolute Gasteiger partial charge is 0.361 e. The van der Waals surface area contributed by atoms with Gasteiger partial charge in [-0.05, 0) is 36.5 Å². The van der Waals surface area contributed by atoms with Gasteiger partial charge >= 0.3 is 0 Å². The Morgan fingerprint density at radius 1 is 1.08 bits per heavy atom. The number of aromatic amines is 1. The minimum Gasteiger partial charge on any atom is -0.361 e. The maximum absolute atomic E-state index is 12.6. The molecule has 3 heteroatoms. The van der Waals surface area contributed by atoms with E-state index in [0.29, 0.717) is 12.3 Å². The second-order valence-corrected chi connectivity index (χ2v) is 7.49. The molecular weight excluding hydrogens is 320 g/mol. The highest BCUT2D eigenvalue weighted by molar-refractivity contribution is 5.86. The number of amides is 1. The minimum absolute atomic E-state index is 0.0470. The first-order valence-electron chi connectivity index (χ1n) is 9.44. The van der Waals surface area contributed by atoms with Crippen molar-refractivity contribution in [3.05, 3.63) is 71.4 Å². The van der Waals surface area contributed by atoms with Crippen LogP contribution >= 0.6 is 0 Å². The van der Waals surface area contributed by atoms with Gasteiger partial charge in [-0.3, -0.25) is 4.79 Å². The fourth-order valence-corrected chi connectivity index (χ4v) is 3.35. The van der Waals surface area contributed by atoms with Crippen LogP contribution in [0.2, 0.25) is 0 Å². The molecule has 3 aromatic rings. The maximum Gasteiger partial charge on any atom is 0.220 e. The molecular formula is C23H28N2O. The van der Waals surface area contributed by atoms with Crippen LogP contribution in [0.5, 0.6) is 0 Å². The van der Waals surface area contributed by atoms with Crippen LogP contribution in [-0.2, 0) is 4.79 Å². The van der Waals surface area contributed by atoms with Crippen LogP contribution in [0.3, 0.4) is 0 Å². The van der Waals surface area contributed by atoms with Crippen LogP contribution in [0.25, 0.3) is 10.9 Å². The molecule has 136 valence electrons. The summed E-state index contributed by atoms with van der Waals surface area (Å²) in [4.78, 5) is 15.9. The number of carbonyl (C=O) groups is 1. The van der Waals surface area contributed by atoms with E-state index in [1.54, 1.807) is 0 Å². The van der Waals surface area contributed by atoms with Gasteiger partial charge in [0.2, 0.25) is 5.91 Å². The third-order valence-electron chi connectivity index (χ3n) is 4.91. The molecule has 0 aliphatic rings. The molecule has 26 heavy (non-hydrogen) atoms. The molecule has 1 aromatic heterocycles. The number of benzene rings is 2. The number of para-hydroxylation sites is 1. The molecule has 1 amide bonds. The van der Waals surface area contributed by atoms with Gasteiger partial charge in [0.05, 0.1) is 0 Å². The van der Waals surface area contributed by atoms with Crippen molar-refractivity contribution in [1.82, 2.24) is 10.3 Å². The van der Waals surface area contributed by atoms with Gasteiger partial charge in [0, 0.05) is 36.0 Å². The van der Waals surface area contributed by atoms with Crippen LogP contribution in [0.1, 0.15) is 49.3 Å². The van der Waals surface area contributed by atoms with Gasteiger partial charge in [0.25, 0.3) is 0 Å². The molecule has 0 aliphatic heterocycles. The number of rotatable bonds is 7. The zero-order chi connectivity index (χ0) is 18.5. The Labute approximate surface area is 155 Å². The SMILES string of the molecule is Cc1ccc(C(CC(=O)NCCC(C)C)c2c[nH]c3ccccc23)cc1. The van der Waals surface area contributed by atoms with Gasteiger partial charge in [-0.25, -0.2) is 0 Å². The minimum atomic E-state index is 0.0470. The van der Waals surface area contributed by atoms with E-state index in [2.05, 4.69) is 79.7 Å². The zero-order valence-corrected chi connectivity index (χ0v) is 15.9. The molecule has 0 radical (unpaired) electrons. The zero-order valence-electron chi connectivity index (χ0n) is 15.9. The molecule has 0 saturated carbocycles. The lowest BCUT2D eigenvalue weighted by molar-refractivity contribution is -0.121. The summed E-state index contributed by atoms with van der Waals surface area (Å²) >= 11 is 0. The van der Waals surface area contributed by atoms with Gasteiger partial charge in [-0.1, -0.05) is 61.9 Å². The summed E-state index contributed by atoms with van der Waals surface area (Å²) < 4.78 is 0. The second-order valence-electron chi connectivity index (χ2n) is 7.49. The molecule has 0 fully saturated rings. The topological polar surface area (TPSA) is 44.9 Å². The van der Waals surface area contributed by atoms with E-state index >= 15 is 0 Å². The first kappa shape index (κ1) is 18.2. The molecule has 2 N–H and O–H groups in total. The molecule has 0 bridgehead atoms. The van der Waals surface area contributed by atoms with E-state index < -0.39 is 0 Å². The van der Waals surface area contributed by atoms with Gasteiger partial charge in [0.1, 0.15) is 0 Å². The molecule has 0 saturated heterocycles. The lowest BCUT2D eigenvalue weighted by atomic mass is 9.87. The average molecular weight is 348 g/mol. The first-order chi connectivity index (χ1) is 12.5. The molecule has 3 nitrogen and oxygen atoms in total. The third kappa shape index (κ3) is 4.34. The monoisotopic (exact) mass is 348 g/mol. The fraction of sp³-hybridized carbons (Fsp3) is 0.348. The summed E-state index contributed by atoms with van der Waals surface area (Å²) in [6.45, 7) is 7.18. The van der Waals surface area contributed by atoms with Crippen molar-refractivity contribution < 1.29 is 4.79 Å². The van der Waals surface area contributed by atoms with Gasteiger partial charge < -0.3 is 10.3 Å². The van der Waals surface area contributed by atoms with Crippen molar-refractivity contribution in [2.75, 3.05) is 6.54 Å². The van der Waals surface area contributed by atoms with Gasteiger partial charge in [0.15, 0.2) is 0 Å². The van der Waals surface area contributed by atoms with Crippen molar-refractivity contribution in [2.45, 2.75) is 39.5 Å². The Morgan fingerprint density at radius 3 is 2.54 bits per heavy atom. The van der Waals surface area contributed by atoms with Crippen LogP contribution in [0.4, 0.5) is 0 Å². The molecule has 2 aromatic carbocycles. The number of carbonyl (C=O) groups excluding carboxylic acids is 1. The molecule has 1 atom stereocenters. The number of aryl methyl sites for hydroxylation is 1.